The summed E-state index contributed by atoms with van der Waals surface area (Å²) in [6, 6.07) is 6.99. The van der Waals surface area contributed by atoms with Crippen LogP contribution in [0.25, 0.3) is 0 Å². The fourth-order valence-corrected chi connectivity index (χ4v) is 5.42. The van der Waals surface area contributed by atoms with Gasteiger partial charge in [0, 0.05) is 23.8 Å². The first-order valence-corrected chi connectivity index (χ1v) is 11.7. The van der Waals surface area contributed by atoms with Crippen molar-refractivity contribution in [2.75, 3.05) is 20.2 Å². The summed E-state index contributed by atoms with van der Waals surface area (Å²) in [5.74, 6) is 0.336. The van der Waals surface area contributed by atoms with Crippen LogP contribution in [0.2, 0.25) is 5.02 Å². The van der Waals surface area contributed by atoms with Gasteiger partial charge in [0.25, 0.3) is 0 Å². The van der Waals surface area contributed by atoms with E-state index in [1.165, 1.54) is 18.9 Å². The van der Waals surface area contributed by atoms with Crippen LogP contribution < -0.4 is 0 Å². The van der Waals surface area contributed by atoms with Crippen molar-refractivity contribution in [1.82, 2.24) is 9.80 Å². The molecular formula is C23H26ClN3O3S. The average Bonchev–Trinajstić information content (AvgIpc) is 3.14. The number of carbonyl (C=O) groups is 2. The lowest BCUT2D eigenvalue weighted by molar-refractivity contribution is -0.136. The summed E-state index contributed by atoms with van der Waals surface area (Å²) in [6.45, 7) is 5.64. The van der Waals surface area contributed by atoms with Gasteiger partial charge in [0.1, 0.15) is 0 Å². The fraction of sp³-hybridized carbons (Fsp3) is 0.435. The van der Waals surface area contributed by atoms with Crippen LogP contribution in [-0.4, -0.2) is 47.0 Å². The Morgan fingerprint density at radius 1 is 1.29 bits per heavy atom. The molecule has 1 aromatic rings. The third kappa shape index (κ3) is 4.39. The number of amidine groups is 1. The molecule has 0 N–H and O–H groups in total. The second-order valence-corrected chi connectivity index (χ2v) is 9.45. The van der Waals surface area contributed by atoms with Crippen LogP contribution in [0.15, 0.2) is 51.6 Å². The summed E-state index contributed by atoms with van der Waals surface area (Å²) in [5.41, 5.74) is 2.77. The van der Waals surface area contributed by atoms with E-state index in [0.717, 1.165) is 42.4 Å². The van der Waals surface area contributed by atoms with Gasteiger partial charge in [-0.05, 0) is 48.8 Å². The Morgan fingerprint density at radius 3 is 2.71 bits per heavy atom. The first-order chi connectivity index (χ1) is 14.9. The Morgan fingerprint density at radius 2 is 2.03 bits per heavy atom. The van der Waals surface area contributed by atoms with Crippen LogP contribution in [0.3, 0.4) is 0 Å². The van der Waals surface area contributed by atoms with Crippen molar-refractivity contribution < 1.29 is 14.3 Å². The van der Waals surface area contributed by atoms with Gasteiger partial charge < -0.3 is 14.5 Å². The van der Waals surface area contributed by atoms with E-state index in [1.54, 1.807) is 6.07 Å². The second kappa shape index (κ2) is 9.09. The van der Waals surface area contributed by atoms with E-state index in [2.05, 4.69) is 11.9 Å². The number of hydrogen-bond donors (Lipinski definition) is 0. The van der Waals surface area contributed by atoms with Crippen molar-refractivity contribution in [3.05, 3.63) is 57.2 Å². The molecule has 0 aromatic heterocycles. The quantitative estimate of drug-likeness (QED) is 0.609. The summed E-state index contributed by atoms with van der Waals surface area (Å²) in [6.07, 6.45) is 2.34. The number of ether oxygens (including phenoxy) is 1. The molecule has 1 unspecified atom stereocenters. The van der Waals surface area contributed by atoms with Crippen LogP contribution >= 0.6 is 23.4 Å². The van der Waals surface area contributed by atoms with Crippen molar-refractivity contribution >= 4 is 40.4 Å². The molecule has 0 radical (unpaired) electrons. The zero-order valence-corrected chi connectivity index (χ0v) is 19.5. The van der Waals surface area contributed by atoms with Crippen LogP contribution in [0.5, 0.6) is 0 Å². The van der Waals surface area contributed by atoms with E-state index in [1.807, 2.05) is 40.3 Å². The molecule has 8 heteroatoms. The number of esters is 1. The number of fused-ring (bicyclic) bond motifs is 1. The van der Waals surface area contributed by atoms with Gasteiger partial charge in [-0.15, -0.1) is 0 Å². The van der Waals surface area contributed by atoms with E-state index in [0.29, 0.717) is 22.2 Å². The number of amides is 1. The summed E-state index contributed by atoms with van der Waals surface area (Å²) in [7, 11) is 1.37. The van der Waals surface area contributed by atoms with Crippen molar-refractivity contribution in [3.63, 3.8) is 0 Å². The topological polar surface area (TPSA) is 62.2 Å². The number of hydrogen-bond acceptors (Lipinski definition) is 6. The summed E-state index contributed by atoms with van der Waals surface area (Å²) in [4.78, 5) is 34.4. The number of likely N-dealkylation sites (tertiary alicyclic amines) is 1. The molecule has 1 amide bonds. The lowest BCUT2D eigenvalue weighted by atomic mass is 9.93. The maximum Gasteiger partial charge on any atom is 0.338 e. The van der Waals surface area contributed by atoms with Crippen LogP contribution in [0.1, 0.15) is 44.7 Å². The standard InChI is InChI=1S/C23H26ClN3O3S/c1-14-7-9-26(10-8-14)19(28)12-18-13-31-23-25-15(2)20(22(29)30-3)21(27(18)23)16-5-4-6-17(24)11-16/h4-6,11,13-14,21H,7-10,12H2,1-3H3. The van der Waals surface area contributed by atoms with E-state index in [9.17, 15) is 9.59 Å². The monoisotopic (exact) mass is 459 g/mol. The number of halogens is 1. The molecule has 0 aliphatic carbocycles. The van der Waals surface area contributed by atoms with E-state index in [-0.39, 0.29) is 12.3 Å². The van der Waals surface area contributed by atoms with Crippen molar-refractivity contribution in [2.45, 2.75) is 39.2 Å². The zero-order valence-electron chi connectivity index (χ0n) is 17.9. The smallest absolute Gasteiger partial charge is 0.338 e. The Bertz CT molecular complexity index is 996. The van der Waals surface area contributed by atoms with Crippen LogP contribution in [0.4, 0.5) is 0 Å². The highest BCUT2D eigenvalue weighted by molar-refractivity contribution is 8.16. The lowest BCUT2D eigenvalue weighted by Crippen LogP contribution is -2.41. The van der Waals surface area contributed by atoms with Crippen molar-refractivity contribution in [3.8, 4) is 0 Å². The highest BCUT2D eigenvalue weighted by Gasteiger charge is 2.41. The van der Waals surface area contributed by atoms with Crippen LogP contribution in [-0.2, 0) is 14.3 Å². The van der Waals surface area contributed by atoms with Crippen molar-refractivity contribution in [2.24, 2.45) is 10.9 Å². The molecule has 3 aliphatic rings. The van der Waals surface area contributed by atoms with E-state index in [4.69, 9.17) is 16.3 Å². The SMILES string of the molecule is COC(=O)C1=C(C)N=C2SC=C(CC(=O)N3CCC(C)CC3)N2C1c1cccc(Cl)c1. The molecule has 1 aromatic carbocycles. The van der Waals surface area contributed by atoms with E-state index >= 15 is 0 Å². The van der Waals surface area contributed by atoms with Gasteiger partial charge in [0.2, 0.25) is 5.91 Å². The molecule has 0 saturated carbocycles. The normalized spacial score (nSPS) is 21.6. The highest BCUT2D eigenvalue weighted by Crippen LogP contribution is 2.45. The van der Waals surface area contributed by atoms with Crippen molar-refractivity contribution in [1.29, 1.82) is 0 Å². The Kier molecular flexibility index (Phi) is 6.44. The van der Waals surface area contributed by atoms with Gasteiger partial charge in [-0.25, -0.2) is 9.79 Å². The number of allylic oxidation sites excluding steroid dienone is 1. The molecule has 1 atom stereocenters. The summed E-state index contributed by atoms with van der Waals surface area (Å²) < 4.78 is 5.08. The Balaban J connectivity index is 1.66. The summed E-state index contributed by atoms with van der Waals surface area (Å²) in [5, 5.41) is 3.30. The minimum Gasteiger partial charge on any atom is -0.466 e. The zero-order chi connectivity index (χ0) is 22.1. The van der Waals surface area contributed by atoms with Gasteiger partial charge in [-0.1, -0.05) is 42.4 Å². The lowest BCUT2D eigenvalue weighted by Gasteiger charge is -2.37. The fourth-order valence-electron chi connectivity index (χ4n) is 4.26. The third-order valence-corrected chi connectivity index (χ3v) is 7.16. The maximum absolute atomic E-state index is 13.1. The molecule has 4 rings (SSSR count). The predicted molar refractivity (Wildman–Crippen MR) is 123 cm³/mol. The number of benzene rings is 1. The molecular weight excluding hydrogens is 434 g/mol. The Hall–Kier alpha value is -2.25. The molecule has 0 spiro atoms. The van der Waals surface area contributed by atoms with Gasteiger partial charge in [0.05, 0.1) is 30.8 Å². The number of carbonyl (C=O) groups excluding carboxylic acids is 2. The third-order valence-electron chi connectivity index (χ3n) is 6.04. The number of piperidine rings is 1. The average molecular weight is 460 g/mol. The van der Waals surface area contributed by atoms with Gasteiger partial charge in [0.15, 0.2) is 5.17 Å². The Labute approximate surface area is 192 Å². The molecule has 1 saturated heterocycles. The number of rotatable bonds is 4. The number of thioether (sulfide) groups is 1. The van der Waals surface area contributed by atoms with Gasteiger partial charge in [-0.2, -0.15) is 0 Å². The molecule has 3 aliphatic heterocycles. The molecule has 1 fully saturated rings. The van der Waals surface area contributed by atoms with Gasteiger partial charge >= 0.3 is 5.97 Å². The van der Waals surface area contributed by atoms with Gasteiger partial charge in [-0.3, -0.25) is 4.79 Å². The second-order valence-electron chi connectivity index (χ2n) is 8.18. The van der Waals surface area contributed by atoms with Crippen LogP contribution in [0, 0.1) is 5.92 Å². The molecule has 31 heavy (non-hydrogen) atoms. The molecule has 164 valence electrons. The van der Waals surface area contributed by atoms with E-state index < -0.39 is 12.0 Å². The number of nitrogens with zero attached hydrogens (tertiary/aromatic N) is 3. The first kappa shape index (κ1) is 22.0. The number of methoxy groups -OCH3 is 1. The largest absolute Gasteiger partial charge is 0.466 e. The maximum atomic E-state index is 13.1. The number of aliphatic imine (C=N–C) groups is 1. The molecule has 3 heterocycles. The minimum atomic E-state index is -0.450. The highest BCUT2D eigenvalue weighted by atomic mass is 35.5. The predicted octanol–water partition coefficient (Wildman–Crippen LogP) is 4.74. The molecule has 6 nitrogen and oxygen atoms in total. The molecule has 0 bridgehead atoms. The summed E-state index contributed by atoms with van der Waals surface area (Å²) >= 11 is 7.75. The first-order valence-electron chi connectivity index (χ1n) is 10.4. The minimum absolute atomic E-state index is 0.107.